The molecule has 0 aromatic heterocycles. The van der Waals surface area contributed by atoms with Crippen LogP contribution in [0.3, 0.4) is 0 Å². The molecule has 1 aromatic rings. The van der Waals surface area contributed by atoms with Crippen LogP contribution in [0.4, 0.5) is 5.69 Å². The highest BCUT2D eigenvalue weighted by Gasteiger charge is 2.31. The molecule has 0 bridgehead atoms. The first-order chi connectivity index (χ1) is 9.93. The summed E-state index contributed by atoms with van der Waals surface area (Å²) in [5.74, 6) is 0. The number of rotatable bonds is 2. The Morgan fingerprint density at radius 2 is 1.48 bits per heavy atom. The molecule has 0 unspecified atom stereocenters. The number of hydrogen-bond acceptors (Lipinski definition) is 4. The molecule has 1 aromatic carbocycles. The van der Waals surface area contributed by atoms with Gasteiger partial charge in [0.25, 0.3) is 0 Å². The van der Waals surface area contributed by atoms with Crippen molar-refractivity contribution in [3.05, 3.63) is 26.2 Å². The van der Waals surface area contributed by atoms with E-state index in [9.17, 15) is 5.26 Å². The first-order valence-electron chi connectivity index (χ1n) is 6.51. The number of nitrogens with one attached hydrogen (secondary N) is 1. The lowest BCUT2D eigenvalue weighted by Gasteiger charge is -2.36. The third-order valence-corrected chi connectivity index (χ3v) is 4.89. The summed E-state index contributed by atoms with van der Waals surface area (Å²) in [5, 5.41) is 21.6. The summed E-state index contributed by atoms with van der Waals surface area (Å²) in [6, 6.07) is 3.83. The zero-order valence-electron chi connectivity index (χ0n) is 11.1. The van der Waals surface area contributed by atoms with Crippen LogP contribution in [0.15, 0.2) is 0 Å². The second-order valence-electron chi connectivity index (χ2n) is 5.13. The number of nitrogens with zero attached hydrogens (tertiary/aromatic N) is 2. The van der Waals surface area contributed by atoms with E-state index in [1.54, 1.807) is 0 Å². The van der Waals surface area contributed by atoms with Gasteiger partial charge in [-0.15, -0.1) is 0 Å². The fourth-order valence-corrected chi connectivity index (χ4v) is 3.33. The number of hydrogen-bond donors (Lipinski definition) is 2. The van der Waals surface area contributed by atoms with Gasteiger partial charge in [0, 0.05) is 0 Å². The quantitative estimate of drug-likeness (QED) is 0.614. The van der Waals surface area contributed by atoms with Gasteiger partial charge in [0.05, 0.1) is 37.5 Å². The summed E-state index contributed by atoms with van der Waals surface area (Å²) >= 11 is 18.4. The molecule has 1 aliphatic carbocycles. The Hall–Kier alpha value is -1.17. The Morgan fingerprint density at radius 1 is 0.905 bits per heavy atom. The minimum Gasteiger partial charge on any atom is -0.365 e. The summed E-state index contributed by atoms with van der Waals surface area (Å²) < 4.78 is 0. The standard InChI is InChI=1S/C14H13Cl3N4/c15-10-8(6-18)11(16)12(17)13(9(10)7-19)21-14(20)4-2-1-3-5-14/h21H,1-5,20H2. The van der Waals surface area contributed by atoms with Gasteiger partial charge in [-0.1, -0.05) is 41.2 Å². The highest BCUT2D eigenvalue weighted by atomic mass is 35.5. The lowest BCUT2D eigenvalue weighted by atomic mass is 9.89. The maximum atomic E-state index is 9.32. The number of nitrogens with two attached hydrogens (primary N) is 1. The van der Waals surface area contributed by atoms with E-state index in [0.717, 1.165) is 32.1 Å². The first-order valence-corrected chi connectivity index (χ1v) is 7.64. The maximum absolute atomic E-state index is 9.32. The molecule has 1 fully saturated rings. The summed E-state index contributed by atoms with van der Waals surface area (Å²) in [4.78, 5) is 0. The zero-order valence-corrected chi connectivity index (χ0v) is 13.4. The van der Waals surface area contributed by atoms with Gasteiger partial charge < -0.3 is 11.1 Å². The molecule has 1 aliphatic rings. The van der Waals surface area contributed by atoms with Gasteiger partial charge in [0.2, 0.25) is 0 Å². The van der Waals surface area contributed by atoms with Gasteiger partial charge in [-0.25, -0.2) is 0 Å². The molecule has 0 heterocycles. The Bertz CT molecular complexity index is 652. The molecule has 0 atom stereocenters. The molecule has 7 heteroatoms. The van der Waals surface area contributed by atoms with E-state index in [1.165, 1.54) is 0 Å². The topological polar surface area (TPSA) is 85.6 Å². The van der Waals surface area contributed by atoms with E-state index in [-0.39, 0.29) is 26.2 Å². The fraction of sp³-hybridized carbons (Fsp3) is 0.429. The van der Waals surface area contributed by atoms with Crippen LogP contribution in [0.2, 0.25) is 15.1 Å². The minimum atomic E-state index is -0.645. The van der Waals surface area contributed by atoms with Crippen molar-refractivity contribution in [2.24, 2.45) is 5.73 Å². The van der Waals surface area contributed by atoms with Crippen LogP contribution in [-0.2, 0) is 0 Å². The average molecular weight is 344 g/mol. The lowest BCUT2D eigenvalue weighted by molar-refractivity contribution is 0.333. The van der Waals surface area contributed by atoms with Gasteiger partial charge >= 0.3 is 0 Å². The SMILES string of the molecule is N#Cc1c(Cl)c(Cl)c(NC2(N)CCCCC2)c(C#N)c1Cl. The maximum Gasteiger partial charge on any atom is 0.103 e. The van der Waals surface area contributed by atoms with E-state index in [0.29, 0.717) is 5.69 Å². The van der Waals surface area contributed by atoms with Crippen LogP contribution in [0.25, 0.3) is 0 Å². The van der Waals surface area contributed by atoms with Crippen LogP contribution in [0.1, 0.15) is 43.2 Å². The molecular weight excluding hydrogens is 331 g/mol. The molecule has 4 nitrogen and oxygen atoms in total. The lowest BCUT2D eigenvalue weighted by Crippen LogP contribution is -2.49. The van der Waals surface area contributed by atoms with Gasteiger partial charge in [0.15, 0.2) is 0 Å². The molecule has 0 radical (unpaired) electrons. The number of benzene rings is 1. The van der Waals surface area contributed by atoms with Crippen molar-refractivity contribution in [3.8, 4) is 12.1 Å². The molecule has 0 aliphatic heterocycles. The third kappa shape index (κ3) is 3.05. The van der Waals surface area contributed by atoms with Crippen LogP contribution in [0.5, 0.6) is 0 Å². The summed E-state index contributed by atoms with van der Waals surface area (Å²) in [7, 11) is 0. The van der Waals surface area contributed by atoms with Crippen molar-refractivity contribution in [2.75, 3.05) is 5.32 Å². The average Bonchev–Trinajstić information content (AvgIpc) is 2.46. The second-order valence-corrected chi connectivity index (χ2v) is 6.27. The Balaban J connectivity index is 2.54. The van der Waals surface area contributed by atoms with Gasteiger partial charge in [0.1, 0.15) is 12.1 Å². The van der Waals surface area contributed by atoms with Crippen molar-refractivity contribution in [1.29, 1.82) is 10.5 Å². The van der Waals surface area contributed by atoms with Crippen LogP contribution in [-0.4, -0.2) is 5.66 Å². The van der Waals surface area contributed by atoms with E-state index < -0.39 is 5.66 Å². The van der Waals surface area contributed by atoms with Gasteiger partial charge in [-0.05, 0) is 25.7 Å². The second kappa shape index (κ2) is 6.30. The van der Waals surface area contributed by atoms with Crippen molar-refractivity contribution < 1.29 is 0 Å². The summed E-state index contributed by atoms with van der Waals surface area (Å²) in [6.07, 6.45) is 4.67. The van der Waals surface area contributed by atoms with Gasteiger partial charge in [-0.2, -0.15) is 10.5 Å². The highest BCUT2D eigenvalue weighted by molar-refractivity contribution is 6.46. The van der Waals surface area contributed by atoms with Gasteiger partial charge in [-0.3, -0.25) is 0 Å². The van der Waals surface area contributed by atoms with Crippen molar-refractivity contribution in [2.45, 2.75) is 37.8 Å². The molecule has 2 rings (SSSR count). The van der Waals surface area contributed by atoms with Crippen LogP contribution >= 0.6 is 34.8 Å². The monoisotopic (exact) mass is 342 g/mol. The normalized spacial score (nSPS) is 16.9. The van der Waals surface area contributed by atoms with E-state index >= 15 is 0 Å². The molecule has 110 valence electrons. The van der Waals surface area contributed by atoms with E-state index in [4.69, 9.17) is 45.8 Å². The minimum absolute atomic E-state index is 0.000138. The fourth-order valence-electron chi connectivity index (χ4n) is 2.54. The molecule has 1 saturated carbocycles. The van der Waals surface area contributed by atoms with Crippen molar-refractivity contribution in [3.63, 3.8) is 0 Å². The Kier molecular flexibility index (Phi) is 4.86. The molecule has 0 saturated heterocycles. The zero-order chi connectivity index (χ0) is 15.6. The first kappa shape index (κ1) is 16.2. The number of nitriles is 2. The molecule has 21 heavy (non-hydrogen) atoms. The van der Waals surface area contributed by atoms with Crippen LogP contribution in [0, 0.1) is 22.7 Å². The predicted octanol–water partition coefficient (Wildman–Crippen LogP) is 4.42. The van der Waals surface area contributed by atoms with E-state index in [1.807, 2.05) is 12.1 Å². The number of anilines is 1. The number of halogens is 3. The summed E-state index contributed by atoms with van der Waals surface area (Å²) in [6.45, 7) is 0. The molecule has 0 amide bonds. The molecular formula is C14H13Cl3N4. The molecule has 3 N–H and O–H groups in total. The van der Waals surface area contributed by atoms with E-state index in [2.05, 4.69) is 5.32 Å². The third-order valence-electron chi connectivity index (χ3n) is 3.66. The van der Waals surface area contributed by atoms with Crippen molar-refractivity contribution in [1.82, 2.24) is 0 Å². The predicted molar refractivity (Wildman–Crippen MR) is 84.5 cm³/mol. The van der Waals surface area contributed by atoms with Crippen LogP contribution < -0.4 is 11.1 Å². The summed E-state index contributed by atoms with van der Waals surface area (Å²) in [5.41, 5.74) is 6.08. The molecule has 0 spiro atoms. The smallest absolute Gasteiger partial charge is 0.103 e. The Labute approximate surface area is 138 Å². The highest BCUT2D eigenvalue weighted by Crippen LogP contribution is 2.42. The Morgan fingerprint density at radius 3 is 2.00 bits per heavy atom. The largest absolute Gasteiger partial charge is 0.365 e. The van der Waals surface area contributed by atoms with Crippen molar-refractivity contribution >= 4 is 40.5 Å².